The molecule has 0 N–H and O–H groups in total. The largest absolute Gasteiger partial charge is 0.439 e. The van der Waals surface area contributed by atoms with Crippen LogP contribution in [0.2, 0.25) is 0 Å². The van der Waals surface area contributed by atoms with Crippen LogP contribution in [-0.4, -0.2) is 21.6 Å². The molecule has 0 unspecified atom stereocenters. The molecule has 2 aromatic carbocycles. The zero-order valence-corrected chi connectivity index (χ0v) is 15.3. The van der Waals surface area contributed by atoms with Crippen LogP contribution >= 0.6 is 0 Å². The Morgan fingerprint density at radius 1 is 1.00 bits per heavy atom. The lowest BCUT2D eigenvalue weighted by Crippen LogP contribution is -2.05. The van der Waals surface area contributed by atoms with Gasteiger partial charge in [-0.15, -0.1) is 0 Å². The maximum Gasteiger partial charge on any atom is 0.416 e. The van der Waals surface area contributed by atoms with Gasteiger partial charge in [-0.1, -0.05) is 6.07 Å². The van der Waals surface area contributed by atoms with E-state index in [9.17, 15) is 13.2 Å². The molecule has 5 nitrogen and oxygen atoms in total. The molecule has 2 aromatic heterocycles. The van der Waals surface area contributed by atoms with Gasteiger partial charge in [-0.3, -0.25) is 0 Å². The van der Waals surface area contributed by atoms with E-state index in [-0.39, 0.29) is 0 Å². The van der Waals surface area contributed by atoms with Crippen molar-refractivity contribution >= 4 is 10.9 Å². The summed E-state index contributed by atoms with van der Waals surface area (Å²) in [4.78, 5) is 8.16. The molecule has 4 rings (SSSR count). The highest BCUT2D eigenvalue weighted by molar-refractivity contribution is 5.83. The Labute approximate surface area is 164 Å². The van der Waals surface area contributed by atoms with Gasteiger partial charge in [0.2, 0.25) is 5.88 Å². The van der Waals surface area contributed by atoms with Crippen molar-refractivity contribution in [3.8, 4) is 17.3 Å². The molecule has 0 saturated carbocycles. The van der Waals surface area contributed by atoms with Crippen molar-refractivity contribution in [1.29, 1.82) is 0 Å². The SMILES string of the molecule is COCc1cc(Oc2ccc3c(ccn3-c3cccc(C(F)(F)F)c3)c2)ncn1. The van der Waals surface area contributed by atoms with E-state index in [0.717, 1.165) is 23.0 Å². The minimum Gasteiger partial charge on any atom is -0.439 e. The molecule has 8 heteroatoms. The van der Waals surface area contributed by atoms with Crippen LogP contribution in [0.25, 0.3) is 16.6 Å². The van der Waals surface area contributed by atoms with Gasteiger partial charge in [0.05, 0.1) is 23.4 Å². The quantitative estimate of drug-likeness (QED) is 0.452. The molecule has 0 amide bonds. The first-order chi connectivity index (χ1) is 13.9. The van der Waals surface area contributed by atoms with Gasteiger partial charge in [-0.25, -0.2) is 9.97 Å². The number of nitrogens with zero attached hydrogens (tertiary/aromatic N) is 3. The normalized spacial score (nSPS) is 11.7. The first kappa shape index (κ1) is 18.9. The topological polar surface area (TPSA) is 49.2 Å². The van der Waals surface area contributed by atoms with E-state index in [2.05, 4.69) is 9.97 Å². The fraction of sp³-hybridized carbons (Fsp3) is 0.143. The third-order valence-electron chi connectivity index (χ3n) is 4.33. The van der Waals surface area contributed by atoms with E-state index in [1.165, 1.54) is 12.4 Å². The number of hydrogen-bond donors (Lipinski definition) is 0. The average Bonchev–Trinajstić information content (AvgIpc) is 3.11. The Bertz CT molecular complexity index is 1160. The second-order valence-electron chi connectivity index (χ2n) is 6.34. The number of hydrogen-bond acceptors (Lipinski definition) is 4. The molecule has 2 heterocycles. The number of rotatable bonds is 5. The van der Waals surface area contributed by atoms with Crippen LogP contribution in [0.5, 0.6) is 11.6 Å². The van der Waals surface area contributed by atoms with Crippen LogP contribution in [0.4, 0.5) is 13.2 Å². The van der Waals surface area contributed by atoms with E-state index in [1.54, 1.807) is 48.2 Å². The van der Waals surface area contributed by atoms with Gasteiger partial charge < -0.3 is 14.0 Å². The van der Waals surface area contributed by atoms with Crippen LogP contribution in [-0.2, 0) is 17.5 Å². The van der Waals surface area contributed by atoms with Crippen LogP contribution in [0.15, 0.2) is 67.1 Å². The zero-order valence-electron chi connectivity index (χ0n) is 15.3. The highest BCUT2D eigenvalue weighted by Crippen LogP contribution is 2.32. The summed E-state index contributed by atoms with van der Waals surface area (Å²) < 4.78 is 51.6. The second kappa shape index (κ2) is 7.56. The van der Waals surface area contributed by atoms with Gasteiger partial charge in [-0.2, -0.15) is 13.2 Å². The van der Waals surface area contributed by atoms with E-state index in [4.69, 9.17) is 9.47 Å². The maximum atomic E-state index is 13.0. The van der Waals surface area contributed by atoms with Crippen molar-refractivity contribution < 1.29 is 22.6 Å². The minimum atomic E-state index is -4.39. The Hall–Kier alpha value is -3.39. The summed E-state index contributed by atoms with van der Waals surface area (Å²) in [5.41, 5.74) is 1.20. The number of methoxy groups -OCH3 is 1. The number of halogens is 3. The van der Waals surface area contributed by atoms with Crippen LogP contribution in [0.1, 0.15) is 11.3 Å². The molecule has 0 aliphatic carbocycles. The van der Waals surface area contributed by atoms with E-state index in [1.807, 2.05) is 6.07 Å². The molecule has 29 heavy (non-hydrogen) atoms. The van der Waals surface area contributed by atoms with Gasteiger partial charge in [0, 0.05) is 30.4 Å². The van der Waals surface area contributed by atoms with Crippen molar-refractivity contribution in [3.05, 3.63) is 78.4 Å². The number of ether oxygens (including phenoxy) is 2. The van der Waals surface area contributed by atoms with Crippen molar-refractivity contribution in [2.45, 2.75) is 12.8 Å². The van der Waals surface area contributed by atoms with Crippen LogP contribution in [0.3, 0.4) is 0 Å². The highest BCUT2D eigenvalue weighted by Gasteiger charge is 2.30. The lowest BCUT2D eigenvalue weighted by molar-refractivity contribution is -0.137. The Kier molecular flexibility index (Phi) is 4.94. The number of fused-ring (bicyclic) bond motifs is 1. The number of benzene rings is 2. The van der Waals surface area contributed by atoms with Crippen molar-refractivity contribution in [2.24, 2.45) is 0 Å². The van der Waals surface area contributed by atoms with Crippen LogP contribution < -0.4 is 4.74 Å². The lowest BCUT2D eigenvalue weighted by Gasteiger charge is -2.11. The van der Waals surface area contributed by atoms with Gasteiger partial charge in [0.1, 0.15) is 12.1 Å². The van der Waals surface area contributed by atoms with E-state index in [0.29, 0.717) is 29.6 Å². The van der Waals surface area contributed by atoms with Gasteiger partial charge >= 0.3 is 6.18 Å². The van der Waals surface area contributed by atoms with Gasteiger partial charge in [0.15, 0.2) is 0 Å². The lowest BCUT2D eigenvalue weighted by atomic mass is 10.2. The van der Waals surface area contributed by atoms with Crippen molar-refractivity contribution in [2.75, 3.05) is 7.11 Å². The molecule has 0 aliphatic heterocycles. The summed E-state index contributed by atoms with van der Waals surface area (Å²) in [6.07, 6.45) is -1.27. The average molecular weight is 399 g/mol. The summed E-state index contributed by atoms with van der Waals surface area (Å²) in [6, 6.07) is 14.1. The van der Waals surface area contributed by atoms with Gasteiger partial charge in [-0.05, 0) is 42.5 Å². The molecule has 0 spiro atoms. The fourth-order valence-electron chi connectivity index (χ4n) is 3.02. The second-order valence-corrected chi connectivity index (χ2v) is 6.34. The summed E-state index contributed by atoms with van der Waals surface area (Å²) in [5, 5.41) is 0.825. The van der Waals surface area contributed by atoms with E-state index >= 15 is 0 Å². The summed E-state index contributed by atoms with van der Waals surface area (Å²) in [7, 11) is 1.58. The molecule has 0 fully saturated rings. The molecular formula is C21H16F3N3O2. The molecule has 0 atom stereocenters. The molecule has 0 radical (unpaired) electrons. The molecule has 0 saturated heterocycles. The molecule has 4 aromatic rings. The summed E-state index contributed by atoms with van der Waals surface area (Å²) >= 11 is 0. The first-order valence-electron chi connectivity index (χ1n) is 8.70. The third kappa shape index (κ3) is 4.07. The number of aromatic nitrogens is 3. The molecular weight excluding hydrogens is 383 g/mol. The third-order valence-corrected chi connectivity index (χ3v) is 4.33. The number of alkyl halides is 3. The first-order valence-corrected chi connectivity index (χ1v) is 8.70. The minimum absolute atomic E-state index is 0.345. The summed E-state index contributed by atoms with van der Waals surface area (Å²) in [6.45, 7) is 0.345. The molecule has 0 aliphatic rings. The summed E-state index contributed by atoms with van der Waals surface area (Å²) in [5.74, 6) is 0.935. The van der Waals surface area contributed by atoms with E-state index < -0.39 is 11.7 Å². The van der Waals surface area contributed by atoms with Crippen molar-refractivity contribution in [1.82, 2.24) is 14.5 Å². The molecule has 0 bridgehead atoms. The highest BCUT2D eigenvalue weighted by atomic mass is 19.4. The predicted molar refractivity (Wildman–Crippen MR) is 101 cm³/mol. The standard InChI is InChI=1S/C21H16F3N3O2/c1-28-12-16-11-20(26-13-25-16)29-18-5-6-19-14(9-18)7-8-27(19)17-4-2-3-15(10-17)21(22,23)24/h2-11,13H,12H2,1H3. The van der Waals surface area contributed by atoms with Gasteiger partial charge in [0.25, 0.3) is 0 Å². The Balaban J connectivity index is 1.64. The fourth-order valence-corrected chi connectivity index (χ4v) is 3.02. The van der Waals surface area contributed by atoms with Crippen LogP contribution in [0, 0.1) is 0 Å². The smallest absolute Gasteiger partial charge is 0.416 e. The monoisotopic (exact) mass is 399 g/mol. The van der Waals surface area contributed by atoms with Crippen molar-refractivity contribution in [3.63, 3.8) is 0 Å². The molecule has 148 valence electrons. The Morgan fingerprint density at radius 2 is 1.86 bits per heavy atom. The maximum absolute atomic E-state index is 13.0. The predicted octanol–water partition coefficient (Wildman–Crippen LogP) is 5.38. The Morgan fingerprint density at radius 3 is 2.66 bits per heavy atom. The zero-order chi connectivity index (χ0) is 20.4.